The molecule has 27 heavy (non-hydrogen) atoms. The van der Waals surface area contributed by atoms with Gasteiger partial charge in [-0.25, -0.2) is 0 Å². The Labute approximate surface area is 162 Å². The molecular formula is C26H19S+. The van der Waals surface area contributed by atoms with E-state index in [4.69, 9.17) is 0 Å². The summed E-state index contributed by atoms with van der Waals surface area (Å²) in [5.74, 6) is 0. The van der Waals surface area contributed by atoms with E-state index in [0.717, 1.165) is 0 Å². The predicted octanol–water partition coefficient (Wildman–Crippen LogP) is 7.09. The lowest BCUT2D eigenvalue weighted by atomic mass is 10.0. The fraction of sp³-hybridized carbons (Fsp3) is 0. The first-order chi connectivity index (χ1) is 13.4. The molecule has 0 unspecified atom stereocenters. The van der Waals surface area contributed by atoms with E-state index in [0.29, 0.717) is 0 Å². The van der Waals surface area contributed by atoms with Gasteiger partial charge in [-0.1, -0.05) is 72.8 Å². The second-order valence-corrected chi connectivity index (χ2v) is 8.54. The van der Waals surface area contributed by atoms with Crippen molar-refractivity contribution >= 4 is 32.4 Å². The predicted molar refractivity (Wildman–Crippen MR) is 117 cm³/mol. The van der Waals surface area contributed by atoms with Gasteiger partial charge in [-0.05, 0) is 53.2 Å². The van der Waals surface area contributed by atoms with Crippen LogP contribution in [0.15, 0.2) is 130 Å². The summed E-state index contributed by atoms with van der Waals surface area (Å²) in [7, 11) is -0.164. The van der Waals surface area contributed by atoms with Gasteiger partial charge in [0.2, 0.25) is 0 Å². The Morgan fingerprint density at radius 2 is 0.815 bits per heavy atom. The van der Waals surface area contributed by atoms with Crippen LogP contribution in [0.5, 0.6) is 0 Å². The summed E-state index contributed by atoms with van der Waals surface area (Å²) < 4.78 is 0. The van der Waals surface area contributed by atoms with Crippen LogP contribution >= 0.6 is 0 Å². The van der Waals surface area contributed by atoms with Gasteiger partial charge in [-0.15, -0.1) is 0 Å². The second-order valence-electron chi connectivity index (χ2n) is 6.58. The van der Waals surface area contributed by atoms with Gasteiger partial charge in [-0.2, -0.15) is 0 Å². The Morgan fingerprint density at radius 1 is 0.407 bits per heavy atom. The molecule has 0 nitrogen and oxygen atoms in total. The van der Waals surface area contributed by atoms with Crippen LogP contribution in [0.25, 0.3) is 21.5 Å². The topological polar surface area (TPSA) is 0 Å². The highest BCUT2D eigenvalue weighted by Gasteiger charge is 2.32. The van der Waals surface area contributed by atoms with Crippen molar-refractivity contribution in [2.75, 3.05) is 0 Å². The van der Waals surface area contributed by atoms with Crippen LogP contribution in [0.4, 0.5) is 0 Å². The monoisotopic (exact) mass is 363 g/mol. The van der Waals surface area contributed by atoms with Gasteiger partial charge in [0.05, 0.1) is 0 Å². The van der Waals surface area contributed by atoms with Crippen LogP contribution in [0, 0.1) is 0 Å². The summed E-state index contributed by atoms with van der Waals surface area (Å²) in [5.41, 5.74) is 0. The minimum absolute atomic E-state index is 0.164. The lowest BCUT2D eigenvalue weighted by Crippen LogP contribution is -2.06. The average molecular weight is 364 g/mol. The third-order valence-corrected chi connectivity index (χ3v) is 7.22. The van der Waals surface area contributed by atoms with Crippen LogP contribution in [0.3, 0.4) is 0 Å². The molecule has 5 aromatic carbocycles. The van der Waals surface area contributed by atoms with E-state index in [1.807, 2.05) is 0 Å². The molecule has 0 aromatic heterocycles. The first kappa shape index (κ1) is 16.2. The number of benzene rings is 5. The van der Waals surface area contributed by atoms with Crippen molar-refractivity contribution in [3.05, 3.63) is 115 Å². The van der Waals surface area contributed by atoms with Gasteiger partial charge in [0, 0.05) is 10.8 Å². The molecule has 0 aliphatic carbocycles. The van der Waals surface area contributed by atoms with Gasteiger partial charge in [0.25, 0.3) is 0 Å². The van der Waals surface area contributed by atoms with E-state index in [1.54, 1.807) is 0 Å². The summed E-state index contributed by atoms with van der Waals surface area (Å²) in [6, 6.07) is 41.6. The van der Waals surface area contributed by atoms with E-state index in [-0.39, 0.29) is 10.9 Å². The lowest BCUT2D eigenvalue weighted by Gasteiger charge is -2.13. The maximum absolute atomic E-state index is 2.31. The third-order valence-electron chi connectivity index (χ3n) is 4.88. The highest BCUT2D eigenvalue weighted by atomic mass is 32.2. The van der Waals surface area contributed by atoms with Crippen molar-refractivity contribution in [3.63, 3.8) is 0 Å². The van der Waals surface area contributed by atoms with E-state index in [9.17, 15) is 0 Å². The van der Waals surface area contributed by atoms with Crippen molar-refractivity contribution in [2.45, 2.75) is 14.7 Å². The van der Waals surface area contributed by atoms with E-state index < -0.39 is 0 Å². The fourth-order valence-corrected chi connectivity index (χ4v) is 6.09. The summed E-state index contributed by atoms with van der Waals surface area (Å²) in [6.07, 6.45) is 0. The van der Waals surface area contributed by atoms with Crippen LogP contribution in [0.2, 0.25) is 0 Å². The molecule has 1 heteroatoms. The molecule has 5 aromatic rings. The molecule has 128 valence electrons. The molecular weight excluding hydrogens is 344 g/mol. The van der Waals surface area contributed by atoms with Crippen LogP contribution < -0.4 is 0 Å². The quantitative estimate of drug-likeness (QED) is 0.237. The molecule has 0 N–H and O–H groups in total. The SMILES string of the molecule is c1ccc([S+](c2ccccc2)c2c3ccccc3cc3ccccc23)cc1. The molecule has 0 saturated carbocycles. The zero-order valence-corrected chi connectivity index (χ0v) is 15.7. The maximum atomic E-state index is 2.31. The van der Waals surface area contributed by atoms with E-state index >= 15 is 0 Å². The summed E-state index contributed by atoms with van der Waals surface area (Å²) in [4.78, 5) is 4.12. The molecule has 0 amide bonds. The minimum Gasteiger partial charge on any atom is -0.0619 e. The first-order valence-corrected chi connectivity index (χ1v) is 10.4. The van der Waals surface area contributed by atoms with E-state index in [1.165, 1.54) is 36.2 Å². The minimum atomic E-state index is -0.164. The van der Waals surface area contributed by atoms with Gasteiger partial charge in [-0.3, -0.25) is 0 Å². The van der Waals surface area contributed by atoms with Gasteiger partial charge in [0.15, 0.2) is 14.7 Å². The number of hydrogen-bond donors (Lipinski definition) is 0. The molecule has 0 spiro atoms. The maximum Gasteiger partial charge on any atom is 0.182 e. The number of fused-ring (bicyclic) bond motifs is 2. The Balaban J connectivity index is 1.92. The second kappa shape index (κ2) is 6.94. The fourth-order valence-electron chi connectivity index (χ4n) is 3.68. The molecule has 0 aliphatic heterocycles. The van der Waals surface area contributed by atoms with Crippen molar-refractivity contribution < 1.29 is 0 Å². The molecule has 0 bridgehead atoms. The standard InChI is InChI=1S/C26H19S/c1-3-13-22(14-4-1)27(23-15-5-2-6-16-23)26-24-17-9-7-11-20(24)19-21-12-8-10-18-25(21)26/h1-19H/q+1. The van der Waals surface area contributed by atoms with Crippen LogP contribution in [0.1, 0.15) is 0 Å². The molecule has 0 heterocycles. The van der Waals surface area contributed by atoms with Gasteiger partial charge in [0.1, 0.15) is 10.9 Å². The molecule has 0 aliphatic rings. The average Bonchev–Trinajstić information content (AvgIpc) is 2.75. The van der Waals surface area contributed by atoms with Crippen molar-refractivity contribution in [1.29, 1.82) is 0 Å². The molecule has 0 fully saturated rings. The lowest BCUT2D eigenvalue weighted by molar-refractivity contribution is 1.35. The Hall–Kier alpha value is -3.03. The van der Waals surface area contributed by atoms with Crippen molar-refractivity contribution in [2.24, 2.45) is 0 Å². The van der Waals surface area contributed by atoms with E-state index in [2.05, 4.69) is 115 Å². The van der Waals surface area contributed by atoms with Crippen LogP contribution in [-0.2, 0) is 10.9 Å². The van der Waals surface area contributed by atoms with Gasteiger partial charge >= 0.3 is 0 Å². The molecule has 5 rings (SSSR count). The largest absolute Gasteiger partial charge is 0.182 e. The van der Waals surface area contributed by atoms with Crippen LogP contribution in [-0.4, -0.2) is 0 Å². The first-order valence-electron chi connectivity index (χ1n) is 9.17. The van der Waals surface area contributed by atoms with Crippen molar-refractivity contribution in [3.8, 4) is 0 Å². The zero-order valence-electron chi connectivity index (χ0n) is 14.9. The summed E-state index contributed by atoms with van der Waals surface area (Å²) >= 11 is 0. The Kier molecular flexibility index (Phi) is 4.16. The third kappa shape index (κ3) is 2.90. The number of rotatable bonds is 3. The molecule has 0 atom stereocenters. The smallest absolute Gasteiger partial charge is 0.0619 e. The molecule has 0 radical (unpaired) electrons. The normalized spacial score (nSPS) is 11.3. The Bertz CT molecular complexity index is 1120. The molecule has 0 saturated heterocycles. The Morgan fingerprint density at radius 3 is 1.30 bits per heavy atom. The highest BCUT2D eigenvalue weighted by Crippen LogP contribution is 2.40. The summed E-state index contributed by atoms with van der Waals surface area (Å²) in [6.45, 7) is 0. The van der Waals surface area contributed by atoms with Crippen molar-refractivity contribution in [1.82, 2.24) is 0 Å². The van der Waals surface area contributed by atoms with Gasteiger partial charge < -0.3 is 0 Å². The highest BCUT2D eigenvalue weighted by molar-refractivity contribution is 7.97. The zero-order chi connectivity index (χ0) is 18.1. The summed E-state index contributed by atoms with van der Waals surface area (Å²) in [5, 5.41) is 5.28. The number of hydrogen-bond acceptors (Lipinski definition) is 0.